The number of nitrogens with one attached hydrogen (secondary N) is 2. The number of aliphatic hydroxyl groups is 1. The molecular formula is C21H27FN3O9P. The first-order chi connectivity index (χ1) is 16.3. The van der Waals surface area contributed by atoms with Gasteiger partial charge in [0, 0.05) is 12.3 Å². The van der Waals surface area contributed by atoms with Gasteiger partial charge in [-0.15, -0.1) is 0 Å². The van der Waals surface area contributed by atoms with E-state index >= 15 is 4.39 Å². The lowest BCUT2D eigenvalue weighted by atomic mass is 10.0. The van der Waals surface area contributed by atoms with Crippen molar-refractivity contribution < 1.29 is 37.4 Å². The molecule has 0 saturated carbocycles. The second kappa shape index (κ2) is 10.4. The number of nitrogens with zero attached hydrogens (tertiary/aromatic N) is 1. The highest BCUT2D eigenvalue weighted by atomic mass is 31.2. The lowest BCUT2D eigenvalue weighted by molar-refractivity contribution is -0.149. The van der Waals surface area contributed by atoms with Gasteiger partial charge >= 0.3 is 19.4 Å². The molecule has 1 aliphatic rings. The number of hydrogen-bond acceptors (Lipinski definition) is 9. The molecule has 1 fully saturated rings. The second-order valence-corrected chi connectivity index (χ2v) is 9.96. The van der Waals surface area contributed by atoms with E-state index in [2.05, 4.69) is 5.09 Å². The van der Waals surface area contributed by atoms with E-state index in [9.17, 15) is 24.1 Å². The Bertz CT molecular complexity index is 1200. The minimum Gasteiger partial charge on any atom is -0.462 e. The fourth-order valence-corrected chi connectivity index (χ4v) is 4.81. The molecule has 6 atom stereocenters. The van der Waals surface area contributed by atoms with Gasteiger partial charge in [0.05, 0.1) is 6.10 Å². The predicted molar refractivity (Wildman–Crippen MR) is 120 cm³/mol. The van der Waals surface area contributed by atoms with Crippen LogP contribution in [0.15, 0.2) is 52.2 Å². The summed E-state index contributed by atoms with van der Waals surface area (Å²) in [7, 11) is -4.52. The fourth-order valence-electron chi connectivity index (χ4n) is 3.24. The number of benzene rings is 1. The number of carbonyl (C=O) groups excluding carboxylic acids is 1. The second-order valence-electron chi connectivity index (χ2n) is 8.31. The van der Waals surface area contributed by atoms with E-state index in [1.165, 1.54) is 19.1 Å². The molecule has 1 aliphatic heterocycles. The molecule has 192 valence electrons. The zero-order chi connectivity index (χ0) is 26.0. The maximum atomic E-state index is 15.5. The van der Waals surface area contributed by atoms with Crippen LogP contribution in [0.4, 0.5) is 4.39 Å². The van der Waals surface area contributed by atoms with Crippen molar-refractivity contribution in [1.29, 1.82) is 0 Å². The van der Waals surface area contributed by atoms with Gasteiger partial charge in [-0.05, 0) is 39.8 Å². The van der Waals surface area contributed by atoms with Crippen molar-refractivity contribution in [3.63, 3.8) is 0 Å². The highest BCUT2D eigenvalue weighted by molar-refractivity contribution is 7.52. The van der Waals surface area contributed by atoms with Crippen molar-refractivity contribution in [3.05, 3.63) is 63.4 Å². The topological polar surface area (TPSA) is 158 Å². The smallest absolute Gasteiger partial charge is 0.461 e. The van der Waals surface area contributed by atoms with Gasteiger partial charge < -0.3 is 19.1 Å². The van der Waals surface area contributed by atoms with Crippen molar-refractivity contribution in [1.82, 2.24) is 14.6 Å². The molecule has 14 heteroatoms. The van der Waals surface area contributed by atoms with E-state index in [0.29, 0.717) is 4.57 Å². The number of hydrogen-bond donors (Lipinski definition) is 3. The molecule has 0 amide bonds. The number of aromatic amines is 1. The number of aromatic nitrogens is 2. The summed E-state index contributed by atoms with van der Waals surface area (Å²) in [6, 6.07) is 7.56. The maximum Gasteiger partial charge on any atom is 0.461 e. The van der Waals surface area contributed by atoms with Crippen LogP contribution in [-0.4, -0.2) is 50.8 Å². The number of carbonyl (C=O) groups is 1. The van der Waals surface area contributed by atoms with Crippen LogP contribution in [0.5, 0.6) is 5.75 Å². The molecule has 1 aromatic carbocycles. The average molecular weight is 515 g/mol. The van der Waals surface area contributed by atoms with E-state index < -0.39 is 61.4 Å². The van der Waals surface area contributed by atoms with E-state index in [1.807, 2.05) is 4.98 Å². The average Bonchev–Trinajstić information content (AvgIpc) is 2.97. The Balaban J connectivity index is 1.89. The third-order valence-electron chi connectivity index (χ3n) is 4.95. The van der Waals surface area contributed by atoms with Crippen molar-refractivity contribution in [3.8, 4) is 5.75 Å². The number of ether oxygens (including phenoxy) is 2. The van der Waals surface area contributed by atoms with Crippen LogP contribution in [0.1, 0.15) is 33.9 Å². The first-order valence-corrected chi connectivity index (χ1v) is 12.2. The van der Waals surface area contributed by atoms with Gasteiger partial charge in [0.2, 0.25) is 6.29 Å². The summed E-state index contributed by atoms with van der Waals surface area (Å²) in [5.74, 6) is -0.682. The van der Waals surface area contributed by atoms with Crippen molar-refractivity contribution in [2.75, 3.05) is 0 Å². The monoisotopic (exact) mass is 515 g/mol. The zero-order valence-electron chi connectivity index (χ0n) is 19.4. The van der Waals surface area contributed by atoms with Crippen LogP contribution in [0.25, 0.3) is 0 Å². The zero-order valence-corrected chi connectivity index (χ0v) is 20.3. The minimum absolute atomic E-state index is 0.0802. The molecule has 2 aromatic rings. The predicted octanol–water partition coefficient (Wildman–Crippen LogP) is 1.61. The van der Waals surface area contributed by atoms with Gasteiger partial charge in [0.15, 0.2) is 11.9 Å². The molecule has 1 unspecified atom stereocenters. The van der Waals surface area contributed by atoms with Crippen LogP contribution < -0.4 is 20.9 Å². The van der Waals surface area contributed by atoms with E-state index in [1.54, 1.807) is 32.0 Å². The molecule has 0 radical (unpaired) electrons. The molecule has 35 heavy (non-hydrogen) atoms. The minimum atomic E-state index is -4.52. The molecule has 0 bridgehead atoms. The number of halogens is 1. The fraction of sp³-hybridized carbons (Fsp3) is 0.476. The molecule has 1 aromatic heterocycles. The summed E-state index contributed by atoms with van der Waals surface area (Å²) >= 11 is 0. The van der Waals surface area contributed by atoms with Crippen LogP contribution in [0.3, 0.4) is 0 Å². The standard InChI is InChI=1S/C21H27FN3O9P/c1-12(2)31-17(28)13(3)24-35(30,33-14-8-6-5-7-9-14)34-18-16(27)21(4,22)19(32-18)25-11-10-15(26)23-20(25)29/h5-13,16,18-19,27H,1-4H3,(H,24,30)(H,23,26,29)/t13-,16+,18+,19+,21+,35?/m0/s1. The summed E-state index contributed by atoms with van der Waals surface area (Å²) in [5.41, 5.74) is -4.33. The number of esters is 1. The largest absolute Gasteiger partial charge is 0.462 e. The van der Waals surface area contributed by atoms with Crippen molar-refractivity contribution in [2.45, 2.75) is 64.1 Å². The van der Waals surface area contributed by atoms with Crippen LogP contribution in [0, 0.1) is 0 Å². The van der Waals surface area contributed by atoms with E-state index in [0.717, 1.165) is 19.2 Å². The molecule has 0 aliphatic carbocycles. The molecule has 3 rings (SSSR count). The highest BCUT2D eigenvalue weighted by Gasteiger charge is 2.58. The molecule has 0 spiro atoms. The first-order valence-electron chi connectivity index (χ1n) is 10.7. The normalized spacial score (nSPS) is 26.8. The van der Waals surface area contributed by atoms with Gasteiger partial charge in [-0.2, -0.15) is 5.09 Å². The Hall–Kier alpha value is -2.83. The Morgan fingerprint density at radius 3 is 2.51 bits per heavy atom. The van der Waals surface area contributed by atoms with Crippen LogP contribution >= 0.6 is 7.75 Å². The number of alkyl halides is 1. The molecule has 3 N–H and O–H groups in total. The third-order valence-corrected chi connectivity index (χ3v) is 6.59. The van der Waals surface area contributed by atoms with Crippen LogP contribution in [0.2, 0.25) is 0 Å². The Morgan fingerprint density at radius 2 is 1.91 bits per heavy atom. The van der Waals surface area contributed by atoms with Gasteiger partial charge in [0.25, 0.3) is 5.56 Å². The summed E-state index contributed by atoms with van der Waals surface area (Å²) < 4.78 is 51.3. The van der Waals surface area contributed by atoms with Gasteiger partial charge in [-0.3, -0.25) is 23.7 Å². The Labute approximate surface area is 199 Å². The Morgan fingerprint density at radius 1 is 1.26 bits per heavy atom. The van der Waals surface area contributed by atoms with Gasteiger partial charge in [0.1, 0.15) is 17.9 Å². The number of rotatable bonds is 9. The quantitative estimate of drug-likeness (QED) is 0.331. The third kappa shape index (κ3) is 6.24. The lowest BCUT2D eigenvalue weighted by Crippen LogP contribution is -2.44. The lowest BCUT2D eigenvalue weighted by Gasteiger charge is -2.26. The number of aliphatic hydroxyl groups excluding tert-OH is 1. The van der Waals surface area contributed by atoms with Gasteiger partial charge in [-0.25, -0.2) is 13.8 Å². The molecule has 1 saturated heterocycles. The van der Waals surface area contributed by atoms with Crippen molar-refractivity contribution >= 4 is 13.7 Å². The van der Waals surface area contributed by atoms with Gasteiger partial charge in [-0.1, -0.05) is 18.2 Å². The Kier molecular flexibility index (Phi) is 7.97. The molecular weight excluding hydrogens is 488 g/mol. The molecule has 12 nitrogen and oxygen atoms in total. The number of para-hydroxylation sites is 1. The SMILES string of the molecule is CC(C)OC(=O)[C@H](C)NP(=O)(Oc1ccccc1)O[C@H]1O[C@@H](n2ccc(=O)[nH]c2=O)[C@](C)(F)[C@@H]1O. The highest BCUT2D eigenvalue weighted by Crippen LogP contribution is 2.51. The van der Waals surface area contributed by atoms with E-state index in [4.69, 9.17) is 18.5 Å². The summed E-state index contributed by atoms with van der Waals surface area (Å²) in [6.07, 6.45) is -5.16. The first kappa shape index (κ1) is 26.8. The molecule has 2 heterocycles. The van der Waals surface area contributed by atoms with Crippen molar-refractivity contribution in [2.24, 2.45) is 0 Å². The summed E-state index contributed by atoms with van der Waals surface area (Å²) in [4.78, 5) is 37.7. The maximum absolute atomic E-state index is 15.5. The summed E-state index contributed by atoms with van der Waals surface area (Å²) in [5, 5.41) is 13.0. The summed E-state index contributed by atoms with van der Waals surface area (Å²) in [6.45, 7) is 5.56. The van der Waals surface area contributed by atoms with Crippen LogP contribution in [-0.2, 0) is 23.4 Å². The number of H-pyrrole nitrogens is 1. The van der Waals surface area contributed by atoms with E-state index in [-0.39, 0.29) is 5.75 Å².